The van der Waals surface area contributed by atoms with Gasteiger partial charge >= 0.3 is 0 Å². The molecule has 1 N–H and O–H groups in total. The summed E-state index contributed by atoms with van der Waals surface area (Å²) in [7, 11) is 0. The van der Waals surface area contributed by atoms with Gasteiger partial charge in [-0.3, -0.25) is 0 Å². The zero-order valence-electron chi connectivity index (χ0n) is 9.50. The Morgan fingerprint density at radius 3 is 2.88 bits per heavy atom. The van der Waals surface area contributed by atoms with E-state index in [-0.39, 0.29) is 11.9 Å². The van der Waals surface area contributed by atoms with E-state index in [4.69, 9.17) is 11.6 Å². The fourth-order valence-corrected chi connectivity index (χ4v) is 2.62. The Bertz CT molecular complexity index is 527. The van der Waals surface area contributed by atoms with Crippen LogP contribution in [0.2, 0.25) is 5.02 Å². The van der Waals surface area contributed by atoms with Crippen LogP contribution < -0.4 is 5.32 Å². The van der Waals surface area contributed by atoms with E-state index in [1.807, 2.05) is 13.8 Å². The molecule has 5 heteroatoms. The maximum absolute atomic E-state index is 13.5. The average molecular weight is 271 g/mol. The van der Waals surface area contributed by atoms with Crippen LogP contribution in [0.25, 0.3) is 0 Å². The Labute approximate surface area is 108 Å². The van der Waals surface area contributed by atoms with Gasteiger partial charge in [-0.15, -0.1) is 11.3 Å². The second-order valence-electron chi connectivity index (χ2n) is 3.79. The van der Waals surface area contributed by atoms with Crippen molar-refractivity contribution >= 4 is 28.6 Å². The van der Waals surface area contributed by atoms with Crippen LogP contribution in [-0.2, 0) is 0 Å². The molecule has 17 heavy (non-hydrogen) atoms. The Morgan fingerprint density at radius 1 is 1.47 bits per heavy atom. The smallest absolute Gasteiger partial charge is 0.146 e. The van der Waals surface area contributed by atoms with Crippen molar-refractivity contribution in [1.29, 1.82) is 0 Å². The molecule has 2 aromatic rings. The second kappa shape index (κ2) is 5.02. The summed E-state index contributed by atoms with van der Waals surface area (Å²) in [4.78, 5) is 5.28. The molecule has 0 bridgehead atoms. The first kappa shape index (κ1) is 12.3. The third-order valence-electron chi connectivity index (χ3n) is 2.48. The number of thiazole rings is 1. The molecule has 1 atom stereocenters. The van der Waals surface area contributed by atoms with Crippen LogP contribution in [0.5, 0.6) is 0 Å². The highest BCUT2D eigenvalue weighted by atomic mass is 35.5. The van der Waals surface area contributed by atoms with E-state index in [0.717, 1.165) is 10.6 Å². The molecule has 90 valence electrons. The van der Waals surface area contributed by atoms with E-state index >= 15 is 0 Å². The summed E-state index contributed by atoms with van der Waals surface area (Å²) in [6.45, 7) is 3.92. The summed E-state index contributed by atoms with van der Waals surface area (Å²) >= 11 is 7.40. The minimum Gasteiger partial charge on any atom is -0.375 e. The SMILES string of the molecule is Cc1ncsc1C(C)Nc1cc(Cl)ccc1F. The normalized spacial score (nSPS) is 12.5. The molecule has 2 nitrogen and oxygen atoms in total. The van der Waals surface area contributed by atoms with Crippen molar-refractivity contribution in [1.82, 2.24) is 4.98 Å². The predicted octanol–water partition coefficient (Wildman–Crippen LogP) is 4.42. The standard InChI is InChI=1S/C12H12ClFN2S/c1-7-12(17-6-15-7)8(2)16-11-5-9(13)3-4-10(11)14/h3-6,8,16H,1-2H3. The largest absolute Gasteiger partial charge is 0.375 e. The van der Waals surface area contributed by atoms with E-state index < -0.39 is 0 Å². The Hall–Kier alpha value is -1.13. The molecule has 0 aliphatic carbocycles. The summed E-state index contributed by atoms with van der Waals surface area (Å²) in [6, 6.07) is 4.49. The van der Waals surface area contributed by atoms with E-state index in [0.29, 0.717) is 10.7 Å². The number of nitrogens with zero attached hydrogens (tertiary/aromatic N) is 1. The van der Waals surface area contributed by atoms with Crippen molar-refractivity contribution in [3.05, 3.63) is 45.1 Å². The minimum absolute atomic E-state index is 0.00969. The molecule has 0 radical (unpaired) electrons. The Morgan fingerprint density at radius 2 is 2.24 bits per heavy atom. The molecule has 0 aliphatic rings. The van der Waals surface area contributed by atoms with Crippen molar-refractivity contribution < 1.29 is 4.39 Å². The van der Waals surface area contributed by atoms with Gasteiger partial charge in [-0.2, -0.15) is 0 Å². The van der Waals surface area contributed by atoms with Crippen molar-refractivity contribution in [2.24, 2.45) is 0 Å². The summed E-state index contributed by atoms with van der Waals surface area (Å²) in [6.07, 6.45) is 0. The average Bonchev–Trinajstić information content (AvgIpc) is 2.70. The van der Waals surface area contributed by atoms with Crippen molar-refractivity contribution in [3.63, 3.8) is 0 Å². The summed E-state index contributed by atoms with van der Waals surface area (Å²) in [5, 5.41) is 3.62. The van der Waals surface area contributed by atoms with Crippen LogP contribution in [0.15, 0.2) is 23.7 Å². The first-order valence-corrected chi connectivity index (χ1v) is 6.45. The number of aryl methyl sites for hydroxylation is 1. The Balaban J connectivity index is 2.21. The van der Waals surface area contributed by atoms with Gasteiger partial charge in [0.05, 0.1) is 22.9 Å². The highest BCUT2D eigenvalue weighted by molar-refractivity contribution is 7.09. The van der Waals surface area contributed by atoms with Gasteiger partial charge in [0.15, 0.2) is 0 Å². The number of halogens is 2. The molecule has 1 aromatic heterocycles. The quantitative estimate of drug-likeness (QED) is 0.893. The molecule has 1 heterocycles. The van der Waals surface area contributed by atoms with E-state index in [1.165, 1.54) is 12.1 Å². The van der Waals surface area contributed by atoms with Gasteiger partial charge in [-0.1, -0.05) is 11.6 Å². The monoisotopic (exact) mass is 270 g/mol. The lowest BCUT2D eigenvalue weighted by atomic mass is 10.2. The molecule has 0 saturated carbocycles. The first-order valence-electron chi connectivity index (χ1n) is 5.19. The fraction of sp³-hybridized carbons (Fsp3) is 0.250. The van der Waals surface area contributed by atoms with Crippen LogP contribution in [0, 0.1) is 12.7 Å². The number of hydrogen-bond donors (Lipinski definition) is 1. The van der Waals surface area contributed by atoms with Crippen molar-refractivity contribution in [3.8, 4) is 0 Å². The second-order valence-corrected chi connectivity index (χ2v) is 5.11. The number of benzene rings is 1. The molecule has 2 rings (SSSR count). The van der Waals surface area contributed by atoms with Gasteiger partial charge in [0.25, 0.3) is 0 Å². The molecule has 0 aliphatic heterocycles. The Kier molecular flexibility index (Phi) is 3.64. The summed E-state index contributed by atoms with van der Waals surface area (Å²) in [5.74, 6) is -0.302. The molecular weight excluding hydrogens is 259 g/mol. The molecular formula is C12H12ClFN2S. The number of anilines is 1. The van der Waals surface area contributed by atoms with Crippen LogP contribution in [0.1, 0.15) is 23.5 Å². The molecule has 1 aromatic carbocycles. The van der Waals surface area contributed by atoms with Gasteiger partial charge in [0.2, 0.25) is 0 Å². The molecule has 0 spiro atoms. The number of hydrogen-bond acceptors (Lipinski definition) is 3. The topological polar surface area (TPSA) is 24.9 Å². The highest BCUT2D eigenvalue weighted by Crippen LogP contribution is 2.27. The van der Waals surface area contributed by atoms with Crippen molar-refractivity contribution in [2.45, 2.75) is 19.9 Å². The zero-order valence-corrected chi connectivity index (χ0v) is 11.1. The van der Waals surface area contributed by atoms with Crippen LogP contribution in [-0.4, -0.2) is 4.98 Å². The van der Waals surface area contributed by atoms with E-state index in [2.05, 4.69) is 10.3 Å². The lowest BCUT2D eigenvalue weighted by molar-refractivity contribution is 0.627. The zero-order chi connectivity index (χ0) is 12.4. The fourth-order valence-electron chi connectivity index (χ4n) is 1.63. The lowest BCUT2D eigenvalue weighted by Crippen LogP contribution is -2.07. The lowest BCUT2D eigenvalue weighted by Gasteiger charge is -2.15. The molecule has 0 saturated heterocycles. The number of aromatic nitrogens is 1. The maximum atomic E-state index is 13.5. The summed E-state index contributed by atoms with van der Waals surface area (Å²) < 4.78 is 13.5. The van der Waals surface area contributed by atoms with Gasteiger partial charge in [0, 0.05) is 9.90 Å². The highest BCUT2D eigenvalue weighted by Gasteiger charge is 2.12. The van der Waals surface area contributed by atoms with Crippen LogP contribution >= 0.6 is 22.9 Å². The molecule has 0 amide bonds. The van der Waals surface area contributed by atoms with E-state index in [1.54, 1.807) is 22.9 Å². The van der Waals surface area contributed by atoms with Gasteiger partial charge < -0.3 is 5.32 Å². The third kappa shape index (κ3) is 2.76. The van der Waals surface area contributed by atoms with Crippen molar-refractivity contribution in [2.75, 3.05) is 5.32 Å². The van der Waals surface area contributed by atoms with Gasteiger partial charge in [-0.05, 0) is 32.0 Å². The van der Waals surface area contributed by atoms with Crippen LogP contribution in [0.3, 0.4) is 0 Å². The predicted molar refractivity (Wildman–Crippen MR) is 70.3 cm³/mol. The summed E-state index contributed by atoms with van der Waals surface area (Å²) in [5.41, 5.74) is 3.17. The minimum atomic E-state index is -0.302. The first-order chi connectivity index (χ1) is 8.08. The molecule has 1 unspecified atom stereocenters. The van der Waals surface area contributed by atoms with Gasteiger partial charge in [0.1, 0.15) is 5.82 Å². The number of rotatable bonds is 3. The van der Waals surface area contributed by atoms with Gasteiger partial charge in [-0.25, -0.2) is 9.37 Å². The maximum Gasteiger partial charge on any atom is 0.146 e. The van der Waals surface area contributed by atoms with Crippen LogP contribution in [0.4, 0.5) is 10.1 Å². The third-order valence-corrected chi connectivity index (χ3v) is 3.83. The number of nitrogens with one attached hydrogen (secondary N) is 1. The van der Waals surface area contributed by atoms with E-state index in [9.17, 15) is 4.39 Å². The molecule has 0 fully saturated rings.